The van der Waals surface area contributed by atoms with Crippen LogP contribution in [0.5, 0.6) is 0 Å². The molecule has 0 aliphatic carbocycles. The summed E-state index contributed by atoms with van der Waals surface area (Å²) in [5.74, 6) is 0. The summed E-state index contributed by atoms with van der Waals surface area (Å²) in [5.41, 5.74) is 12.9. The smallest absolute Gasteiger partial charge is 0.0963 e. The first-order chi connectivity index (χ1) is 28.2. The average Bonchev–Trinajstić information content (AvgIpc) is 4.09. The van der Waals surface area contributed by atoms with Crippen molar-refractivity contribution in [1.82, 2.24) is 19.5 Å². The Hall–Kier alpha value is -6.38. The molecular formula is C50H33BrN4S2. The minimum atomic E-state index is 1.05. The van der Waals surface area contributed by atoms with E-state index in [1.165, 1.54) is 64.2 Å². The second-order valence-electron chi connectivity index (χ2n) is 13.6. The van der Waals surface area contributed by atoms with Gasteiger partial charge in [0, 0.05) is 53.5 Å². The van der Waals surface area contributed by atoms with Crippen LogP contribution < -0.4 is 0 Å². The number of rotatable bonds is 3. The van der Waals surface area contributed by atoms with E-state index in [2.05, 4.69) is 193 Å². The third-order valence-electron chi connectivity index (χ3n) is 10.3. The van der Waals surface area contributed by atoms with E-state index in [0.717, 1.165) is 32.2 Å². The van der Waals surface area contributed by atoms with Crippen LogP contribution in [0.4, 0.5) is 0 Å². The molecule has 57 heavy (non-hydrogen) atoms. The standard InChI is InChI=1S/C25H16N2S.C13H8N2S.C12H9Br/c1-2-5-17(6-3-1)18-8-10-19(11-9-18)27-22-7-4-15-26-24(22)21-12-13-23-20(25(21)27)14-16-28-23;1-2-10-13(14-6-1)9-3-4-11-8(5-7-16-11)12(9)15-10;13-12-8-6-11(7-9-12)10-4-2-1-3-5-10/h1-16H;1-7,15H;1-9H. The molecule has 0 atom stereocenters. The molecule has 12 rings (SSSR count). The largest absolute Gasteiger partial charge is 0.353 e. The van der Waals surface area contributed by atoms with Crippen LogP contribution in [0, 0.1) is 0 Å². The fraction of sp³-hybridized carbons (Fsp3) is 0. The zero-order valence-electron chi connectivity index (χ0n) is 30.5. The molecule has 0 saturated carbocycles. The molecule has 0 fully saturated rings. The summed E-state index contributed by atoms with van der Waals surface area (Å²) >= 11 is 6.97. The van der Waals surface area contributed by atoms with Crippen molar-refractivity contribution in [3.8, 4) is 27.9 Å². The molecule has 6 aromatic heterocycles. The number of nitrogens with zero attached hydrogens (tertiary/aromatic N) is 3. The molecule has 6 heterocycles. The fourth-order valence-electron chi connectivity index (χ4n) is 7.57. The summed E-state index contributed by atoms with van der Waals surface area (Å²) in [7, 11) is 0. The van der Waals surface area contributed by atoms with Gasteiger partial charge in [0.1, 0.15) is 0 Å². The molecule has 7 heteroatoms. The number of halogens is 1. The summed E-state index contributed by atoms with van der Waals surface area (Å²) in [5, 5.41) is 9.28. The number of pyridine rings is 2. The monoisotopic (exact) mass is 832 g/mol. The lowest BCUT2D eigenvalue weighted by Crippen LogP contribution is -1.94. The summed E-state index contributed by atoms with van der Waals surface area (Å²) in [6.07, 6.45) is 3.72. The number of fused-ring (bicyclic) bond motifs is 10. The van der Waals surface area contributed by atoms with Gasteiger partial charge in [-0.05, 0) is 118 Å². The highest BCUT2D eigenvalue weighted by Gasteiger charge is 2.16. The number of H-pyrrole nitrogens is 1. The molecule has 0 aliphatic heterocycles. The molecule has 0 unspecified atom stereocenters. The highest BCUT2D eigenvalue weighted by atomic mass is 79.9. The topological polar surface area (TPSA) is 46.5 Å². The van der Waals surface area contributed by atoms with Gasteiger partial charge < -0.3 is 9.55 Å². The second kappa shape index (κ2) is 15.3. The zero-order valence-corrected chi connectivity index (χ0v) is 33.7. The molecule has 0 aliphatic rings. The van der Waals surface area contributed by atoms with Crippen LogP contribution in [0.15, 0.2) is 197 Å². The summed E-state index contributed by atoms with van der Waals surface area (Å²) in [4.78, 5) is 12.6. The molecule has 0 amide bonds. The van der Waals surface area contributed by atoms with Crippen LogP contribution >= 0.6 is 38.6 Å². The van der Waals surface area contributed by atoms with Crippen molar-refractivity contribution in [2.75, 3.05) is 0 Å². The third-order valence-corrected chi connectivity index (χ3v) is 12.5. The number of hydrogen-bond donors (Lipinski definition) is 1. The minimum Gasteiger partial charge on any atom is -0.353 e. The maximum absolute atomic E-state index is 4.69. The average molecular weight is 834 g/mol. The van der Waals surface area contributed by atoms with E-state index in [4.69, 9.17) is 4.98 Å². The quantitative estimate of drug-likeness (QED) is 0.193. The normalized spacial score (nSPS) is 11.2. The van der Waals surface area contributed by atoms with Gasteiger partial charge in [-0.2, -0.15) is 0 Å². The number of aromatic amines is 1. The van der Waals surface area contributed by atoms with Gasteiger partial charge in [0.05, 0.1) is 33.1 Å². The zero-order chi connectivity index (χ0) is 38.1. The Morgan fingerprint density at radius 1 is 0.456 bits per heavy atom. The van der Waals surface area contributed by atoms with Crippen molar-refractivity contribution in [1.29, 1.82) is 0 Å². The van der Waals surface area contributed by atoms with Crippen molar-refractivity contribution in [3.05, 3.63) is 197 Å². The first-order valence-electron chi connectivity index (χ1n) is 18.6. The van der Waals surface area contributed by atoms with Gasteiger partial charge in [-0.3, -0.25) is 9.97 Å². The fourth-order valence-corrected chi connectivity index (χ4v) is 9.42. The van der Waals surface area contributed by atoms with Crippen LogP contribution in [0.25, 0.3) is 92.0 Å². The lowest BCUT2D eigenvalue weighted by atomic mass is 10.1. The van der Waals surface area contributed by atoms with Gasteiger partial charge in [0.2, 0.25) is 0 Å². The summed E-state index contributed by atoms with van der Waals surface area (Å²) in [6, 6.07) is 59.3. The van der Waals surface area contributed by atoms with E-state index in [1.807, 2.05) is 30.6 Å². The number of benzene rings is 6. The van der Waals surface area contributed by atoms with Crippen LogP contribution in [-0.4, -0.2) is 19.5 Å². The minimum absolute atomic E-state index is 1.05. The highest BCUT2D eigenvalue weighted by molar-refractivity contribution is 9.10. The van der Waals surface area contributed by atoms with Crippen molar-refractivity contribution in [2.24, 2.45) is 0 Å². The number of thiophene rings is 2. The Balaban J connectivity index is 0.000000115. The lowest BCUT2D eigenvalue weighted by Gasteiger charge is -2.10. The molecular weight excluding hydrogens is 801 g/mol. The van der Waals surface area contributed by atoms with E-state index in [-0.39, 0.29) is 0 Å². The molecule has 0 radical (unpaired) electrons. The lowest BCUT2D eigenvalue weighted by molar-refractivity contribution is 1.18. The molecule has 0 bridgehead atoms. The highest BCUT2D eigenvalue weighted by Crippen LogP contribution is 2.38. The van der Waals surface area contributed by atoms with Crippen molar-refractivity contribution in [2.45, 2.75) is 0 Å². The molecule has 0 saturated heterocycles. The predicted octanol–water partition coefficient (Wildman–Crippen LogP) is 15.1. The van der Waals surface area contributed by atoms with E-state index in [9.17, 15) is 0 Å². The first kappa shape index (κ1) is 35.1. The Kier molecular flexibility index (Phi) is 9.40. The van der Waals surface area contributed by atoms with Crippen molar-refractivity contribution >= 4 is 103 Å². The Morgan fingerprint density at radius 3 is 1.70 bits per heavy atom. The molecule has 1 N–H and O–H groups in total. The van der Waals surface area contributed by atoms with Crippen LogP contribution in [0.2, 0.25) is 0 Å². The van der Waals surface area contributed by atoms with E-state index >= 15 is 0 Å². The molecule has 272 valence electrons. The summed E-state index contributed by atoms with van der Waals surface area (Å²) < 4.78 is 6.09. The van der Waals surface area contributed by atoms with Gasteiger partial charge in [-0.25, -0.2) is 0 Å². The number of nitrogens with one attached hydrogen (secondary N) is 1. The van der Waals surface area contributed by atoms with E-state index in [1.54, 1.807) is 22.7 Å². The maximum Gasteiger partial charge on any atom is 0.0963 e. The van der Waals surface area contributed by atoms with E-state index in [0.29, 0.717) is 0 Å². The van der Waals surface area contributed by atoms with Crippen LogP contribution in [-0.2, 0) is 0 Å². The maximum atomic E-state index is 4.69. The SMILES string of the molecule is Brc1ccc(-c2ccccc2)cc1.c1ccc(-c2ccc(-n3c4cccnc4c4ccc5sccc5c43)cc2)cc1.c1cnc2c(c1)[nH]c1c3ccsc3ccc21. The Bertz CT molecular complexity index is 3290. The van der Waals surface area contributed by atoms with Crippen LogP contribution in [0.1, 0.15) is 0 Å². The summed E-state index contributed by atoms with van der Waals surface area (Å²) in [6.45, 7) is 0. The molecule has 4 nitrogen and oxygen atoms in total. The third kappa shape index (κ3) is 6.70. The Morgan fingerprint density at radius 2 is 1.02 bits per heavy atom. The van der Waals surface area contributed by atoms with E-state index < -0.39 is 0 Å². The predicted molar refractivity (Wildman–Crippen MR) is 248 cm³/mol. The van der Waals surface area contributed by atoms with Gasteiger partial charge >= 0.3 is 0 Å². The Labute approximate surface area is 345 Å². The van der Waals surface area contributed by atoms with Crippen molar-refractivity contribution < 1.29 is 0 Å². The second-order valence-corrected chi connectivity index (χ2v) is 16.4. The number of aromatic nitrogens is 4. The number of hydrogen-bond acceptors (Lipinski definition) is 4. The molecule has 12 aromatic rings. The van der Waals surface area contributed by atoms with Gasteiger partial charge in [-0.15, -0.1) is 22.7 Å². The van der Waals surface area contributed by atoms with Gasteiger partial charge in [0.15, 0.2) is 0 Å². The van der Waals surface area contributed by atoms with Gasteiger partial charge in [-0.1, -0.05) is 101 Å². The molecule has 0 spiro atoms. The van der Waals surface area contributed by atoms with Gasteiger partial charge in [0.25, 0.3) is 0 Å². The van der Waals surface area contributed by atoms with Crippen LogP contribution in [0.3, 0.4) is 0 Å². The van der Waals surface area contributed by atoms with Crippen molar-refractivity contribution in [3.63, 3.8) is 0 Å². The first-order valence-corrected chi connectivity index (χ1v) is 21.2. The molecule has 6 aromatic carbocycles.